The summed E-state index contributed by atoms with van der Waals surface area (Å²) in [6, 6.07) is 6.43. The van der Waals surface area contributed by atoms with Gasteiger partial charge in [-0.25, -0.2) is 0 Å². The smallest absolute Gasteiger partial charge is 0.320 e. The molecular weight excluding hydrogens is 394 g/mol. The van der Waals surface area contributed by atoms with E-state index in [-0.39, 0.29) is 0 Å². The summed E-state index contributed by atoms with van der Waals surface area (Å²) in [6.07, 6.45) is 1.38. The molecule has 2 N–H and O–H groups in total. The quantitative estimate of drug-likeness (QED) is 0.681. The summed E-state index contributed by atoms with van der Waals surface area (Å²) in [7, 11) is 3.73. The van der Waals surface area contributed by atoms with E-state index >= 15 is 0 Å². The van der Waals surface area contributed by atoms with Crippen LogP contribution in [-0.4, -0.2) is 87.7 Å². The van der Waals surface area contributed by atoms with E-state index in [1.165, 1.54) is 17.5 Å². The van der Waals surface area contributed by atoms with Crippen molar-refractivity contribution < 1.29 is 9.47 Å². The number of rotatable bonds is 6. The lowest BCUT2D eigenvalue weighted by molar-refractivity contribution is 0.122. The summed E-state index contributed by atoms with van der Waals surface area (Å²) in [5.41, 5.74) is 4.03. The van der Waals surface area contributed by atoms with Gasteiger partial charge >= 0.3 is 6.01 Å². The van der Waals surface area contributed by atoms with E-state index in [9.17, 15) is 0 Å². The fourth-order valence-corrected chi connectivity index (χ4v) is 4.00. The molecule has 1 aromatic heterocycles. The minimum absolute atomic E-state index is 0.314. The molecule has 3 heterocycles. The zero-order chi connectivity index (χ0) is 21.8. The number of aromatic nitrogens is 2. The first-order valence-corrected chi connectivity index (χ1v) is 10.7. The van der Waals surface area contributed by atoms with Crippen molar-refractivity contribution in [3.8, 4) is 6.01 Å². The van der Waals surface area contributed by atoms with Gasteiger partial charge < -0.3 is 34.9 Å². The summed E-state index contributed by atoms with van der Waals surface area (Å²) in [6.45, 7) is 9.09. The molecule has 0 bridgehead atoms. The molecule has 0 amide bonds. The maximum atomic E-state index is 7.90. The lowest BCUT2D eigenvalue weighted by atomic mass is 10.1. The SMILES string of the molecule is COc1nc(Nc2cc(N3CCN(C)CC3)c(C)cc2C=N)cc(N2CCOCC2)n1. The molecule has 1 aromatic carbocycles. The number of hydrogen-bond donors (Lipinski definition) is 2. The Morgan fingerprint density at radius 3 is 2.45 bits per heavy atom. The van der Waals surface area contributed by atoms with E-state index in [0.29, 0.717) is 25.0 Å². The number of piperazine rings is 1. The Labute approximate surface area is 183 Å². The molecule has 0 aliphatic carbocycles. The Kier molecular flexibility index (Phi) is 6.53. The lowest BCUT2D eigenvalue weighted by Gasteiger charge is -2.35. The standard InChI is InChI=1S/C22H31N7O2/c1-16-12-17(15-23)18(13-19(16)28-6-4-27(2)5-7-28)24-20-14-21(26-22(25-20)30-3)29-8-10-31-11-9-29/h12-15,23H,4-11H2,1-3H3,(H,24,25,26). The zero-order valence-corrected chi connectivity index (χ0v) is 18.5. The first kappa shape index (κ1) is 21.3. The highest BCUT2D eigenvalue weighted by Crippen LogP contribution is 2.31. The van der Waals surface area contributed by atoms with Gasteiger partial charge in [-0.2, -0.15) is 9.97 Å². The number of hydrogen-bond acceptors (Lipinski definition) is 9. The van der Waals surface area contributed by atoms with Crippen molar-refractivity contribution >= 4 is 29.2 Å². The van der Waals surface area contributed by atoms with Gasteiger partial charge in [-0.15, -0.1) is 0 Å². The van der Waals surface area contributed by atoms with Gasteiger partial charge in [0.25, 0.3) is 0 Å². The van der Waals surface area contributed by atoms with Crippen molar-refractivity contribution in [3.63, 3.8) is 0 Å². The van der Waals surface area contributed by atoms with Crippen LogP contribution in [0.25, 0.3) is 0 Å². The van der Waals surface area contributed by atoms with Crippen molar-refractivity contribution in [2.75, 3.05) is 81.8 Å². The predicted octanol–water partition coefficient (Wildman–Crippen LogP) is 2.12. The molecule has 4 rings (SSSR count). The molecule has 31 heavy (non-hydrogen) atoms. The number of morpholine rings is 1. The largest absolute Gasteiger partial charge is 0.467 e. The summed E-state index contributed by atoms with van der Waals surface area (Å²) in [5.74, 6) is 1.45. The van der Waals surface area contributed by atoms with Gasteiger partial charge in [0.1, 0.15) is 11.6 Å². The molecule has 2 fully saturated rings. The number of anilines is 4. The highest BCUT2D eigenvalue weighted by atomic mass is 16.5. The minimum atomic E-state index is 0.314. The molecule has 0 radical (unpaired) electrons. The molecule has 9 nitrogen and oxygen atoms in total. The van der Waals surface area contributed by atoms with Crippen LogP contribution in [0.15, 0.2) is 18.2 Å². The number of methoxy groups -OCH3 is 1. The van der Waals surface area contributed by atoms with E-state index in [4.69, 9.17) is 14.9 Å². The van der Waals surface area contributed by atoms with Crippen molar-refractivity contribution in [1.82, 2.24) is 14.9 Å². The lowest BCUT2D eigenvalue weighted by Crippen LogP contribution is -2.44. The highest BCUT2D eigenvalue weighted by molar-refractivity contribution is 5.89. The molecule has 2 saturated heterocycles. The molecule has 9 heteroatoms. The van der Waals surface area contributed by atoms with E-state index in [1.54, 1.807) is 7.11 Å². The third-order valence-corrected chi connectivity index (χ3v) is 5.84. The van der Waals surface area contributed by atoms with Gasteiger partial charge in [-0.05, 0) is 31.7 Å². The van der Waals surface area contributed by atoms with Crippen molar-refractivity contribution in [1.29, 1.82) is 5.41 Å². The van der Waals surface area contributed by atoms with Gasteiger partial charge in [0.15, 0.2) is 0 Å². The van der Waals surface area contributed by atoms with Crippen LogP contribution in [0.5, 0.6) is 6.01 Å². The normalized spacial score (nSPS) is 17.5. The zero-order valence-electron chi connectivity index (χ0n) is 18.5. The van der Waals surface area contributed by atoms with E-state index < -0.39 is 0 Å². The Balaban J connectivity index is 1.64. The Morgan fingerprint density at radius 1 is 1.03 bits per heavy atom. The van der Waals surface area contributed by atoms with Crippen LogP contribution in [0.3, 0.4) is 0 Å². The van der Waals surface area contributed by atoms with Crippen LogP contribution in [0.2, 0.25) is 0 Å². The number of aryl methyl sites for hydroxylation is 1. The monoisotopic (exact) mass is 425 g/mol. The Morgan fingerprint density at radius 2 is 1.77 bits per heavy atom. The number of likely N-dealkylation sites (N-methyl/N-ethyl adjacent to an activating group) is 1. The van der Waals surface area contributed by atoms with Crippen LogP contribution in [0, 0.1) is 12.3 Å². The molecule has 2 aliphatic rings. The second kappa shape index (κ2) is 9.49. The number of nitrogens with one attached hydrogen (secondary N) is 2. The summed E-state index contributed by atoms with van der Waals surface area (Å²) in [4.78, 5) is 15.9. The van der Waals surface area contributed by atoms with Gasteiger partial charge in [0.05, 0.1) is 26.0 Å². The van der Waals surface area contributed by atoms with Gasteiger partial charge in [0, 0.05) is 62.8 Å². The van der Waals surface area contributed by atoms with Crippen LogP contribution in [-0.2, 0) is 4.74 Å². The van der Waals surface area contributed by atoms with Gasteiger partial charge in [-0.3, -0.25) is 0 Å². The average Bonchev–Trinajstić information content (AvgIpc) is 2.81. The topological polar surface area (TPSA) is 89.8 Å². The Hall–Kier alpha value is -2.91. The molecule has 2 aromatic rings. The van der Waals surface area contributed by atoms with E-state index in [1.807, 2.05) is 6.07 Å². The maximum Gasteiger partial charge on any atom is 0.320 e. The fourth-order valence-electron chi connectivity index (χ4n) is 4.00. The number of ether oxygens (including phenoxy) is 2. The molecule has 2 aliphatic heterocycles. The van der Waals surface area contributed by atoms with Crippen molar-refractivity contribution in [2.24, 2.45) is 0 Å². The first-order chi connectivity index (χ1) is 15.1. The molecule has 166 valence electrons. The van der Waals surface area contributed by atoms with Crippen LogP contribution >= 0.6 is 0 Å². The second-order valence-electron chi connectivity index (χ2n) is 7.98. The van der Waals surface area contributed by atoms with Crippen molar-refractivity contribution in [3.05, 3.63) is 29.3 Å². The number of nitrogens with zero attached hydrogens (tertiary/aromatic N) is 5. The molecule has 0 saturated carbocycles. The first-order valence-electron chi connectivity index (χ1n) is 10.7. The summed E-state index contributed by atoms with van der Waals surface area (Å²) in [5, 5.41) is 11.3. The molecule has 0 unspecified atom stereocenters. The fraction of sp³-hybridized carbons (Fsp3) is 0.500. The third kappa shape index (κ3) is 4.88. The van der Waals surface area contributed by atoms with Gasteiger partial charge in [-0.1, -0.05) is 0 Å². The molecule has 0 spiro atoms. The van der Waals surface area contributed by atoms with E-state index in [2.05, 4.69) is 56.1 Å². The summed E-state index contributed by atoms with van der Waals surface area (Å²) >= 11 is 0. The number of benzene rings is 1. The van der Waals surface area contributed by atoms with E-state index in [0.717, 1.165) is 56.3 Å². The van der Waals surface area contributed by atoms with Crippen LogP contribution in [0.1, 0.15) is 11.1 Å². The van der Waals surface area contributed by atoms with Crippen LogP contribution < -0.4 is 19.9 Å². The molecule has 0 atom stereocenters. The average molecular weight is 426 g/mol. The minimum Gasteiger partial charge on any atom is -0.467 e. The van der Waals surface area contributed by atoms with Gasteiger partial charge in [0.2, 0.25) is 0 Å². The third-order valence-electron chi connectivity index (χ3n) is 5.84. The maximum absolute atomic E-state index is 7.90. The molecular formula is C22H31N7O2. The summed E-state index contributed by atoms with van der Waals surface area (Å²) < 4.78 is 10.8. The van der Waals surface area contributed by atoms with Crippen LogP contribution in [0.4, 0.5) is 23.0 Å². The second-order valence-corrected chi connectivity index (χ2v) is 7.98. The Bertz CT molecular complexity index is 922. The predicted molar refractivity (Wildman–Crippen MR) is 124 cm³/mol. The van der Waals surface area contributed by atoms with Crippen molar-refractivity contribution in [2.45, 2.75) is 6.92 Å². The highest BCUT2D eigenvalue weighted by Gasteiger charge is 2.19.